The van der Waals surface area contributed by atoms with Gasteiger partial charge in [0.25, 0.3) is 0 Å². The topological polar surface area (TPSA) is 133 Å². The second-order valence-corrected chi connectivity index (χ2v) is 9.91. The quantitative estimate of drug-likeness (QED) is 0.318. The number of piperazine rings is 1. The zero-order valence-corrected chi connectivity index (χ0v) is 22.7. The number of benzene rings is 1. The highest BCUT2D eigenvalue weighted by atomic mass is 16.5. The fourth-order valence-corrected chi connectivity index (χ4v) is 5.08. The second kappa shape index (κ2) is 11.3. The fourth-order valence-electron chi connectivity index (χ4n) is 5.08. The standard InChI is InChI=1S/C28H33N9O3/c1-18(38)36-9-11-37(12-10-36)20-5-3-19(4-6-20)32-28-34-26-25(27(35-28)40-21-7-13-39-14-8-21)22(15-31-26)23-16-30-17-24(29-2)33-23/h3-6,15-17,21H,7-14H2,1-2H3,(H,29,33)(H2,31,32,34,35). The van der Waals surface area contributed by atoms with Crippen molar-refractivity contribution in [1.82, 2.24) is 29.8 Å². The van der Waals surface area contributed by atoms with Gasteiger partial charge in [0.2, 0.25) is 17.7 Å². The van der Waals surface area contributed by atoms with Crippen LogP contribution in [0.5, 0.6) is 5.88 Å². The first-order valence-corrected chi connectivity index (χ1v) is 13.6. The molecule has 0 bridgehead atoms. The molecule has 2 aliphatic heterocycles. The number of aromatic nitrogens is 5. The summed E-state index contributed by atoms with van der Waals surface area (Å²) in [5, 5.41) is 7.14. The van der Waals surface area contributed by atoms with Crippen molar-refractivity contribution in [3.63, 3.8) is 0 Å². The molecule has 12 heteroatoms. The minimum atomic E-state index is -0.0000653. The zero-order chi connectivity index (χ0) is 27.5. The lowest BCUT2D eigenvalue weighted by atomic mass is 10.1. The average Bonchev–Trinajstić information content (AvgIpc) is 3.43. The molecule has 3 N–H and O–H groups in total. The van der Waals surface area contributed by atoms with Crippen LogP contribution < -0.4 is 20.3 Å². The number of aromatic amines is 1. The summed E-state index contributed by atoms with van der Waals surface area (Å²) in [7, 11) is 1.81. The van der Waals surface area contributed by atoms with Crippen LogP contribution in [-0.2, 0) is 9.53 Å². The van der Waals surface area contributed by atoms with Gasteiger partial charge in [-0.3, -0.25) is 9.78 Å². The van der Waals surface area contributed by atoms with E-state index in [9.17, 15) is 4.79 Å². The Bertz CT molecular complexity index is 1480. The molecule has 3 aromatic heterocycles. The molecule has 0 unspecified atom stereocenters. The number of ether oxygens (including phenoxy) is 2. The van der Waals surface area contributed by atoms with Gasteiger partial charge in [-0.25, -0.2) is 4.98 Å². The van der Waals surface area contributed by atoms with Crippen molar-refractivity contribution >= 4 is 40.1 Å². The third-order valence-electron chi connectivity index (χ3n) is 7.33. The molecule has 1 amide bonds. The number of nitrogens with one attached hydrogen (secondary N) is 3. The average molecular weight is 544 g/mol. The Balaban J connectivity index is 1.27. The van der Waals surface area contributed by atoms with Crippen LogP contribution in [0.4, 0.5) is 23.1 Å². The first kappa shape index (κ1) is 25.8. The van der Waals surface area contributed by atoms with Gasteiger partial charge in [-0.15, -0.1) is 0 Å². The van der Waals surface area contributed by atoms with Crippen molar-refractivity contribution < 1.29 is 14.3 Å². The summed E-state index contributed by atoms with van der Waals surface area (Å²) in [5.41, 5.74) is 4.14. The highest BCUT2D eigenvalue weighted by Gasteiger charge is 2.23. The number of carbonyl (C=O) groups is 1. The maximum absolute atomic E-state index is 11.6. The first-order valence-electron chi connectivity index (χ1n) is 13.6. The lowest BCUT2D eigenvalue weighted by Gasteiger charge is -2.35. The number of hydrogen-bond acceptors (Lipinski definition) is 10. The lowest BCUT2D eigenvalue weighted by Crippen LogP contribution is -2.48. The normalized spacial score (nSPS) is 16.2. The highest BCUT2D eigenvalue weighted by Crippen LogP contribution is 2.35. The van der Waals surface area contributed by atoms with Gasteiger partial charge in [-0.05, 0) is 24.3 Å². The predicted molar refractivity (Wildman–Crippen MR) is 153 cm³/mol. The molecule has 0 radical (unpaired) electrons. The van der Waals surface area contributed by atoms with E-state index >= 15 is 0 Å². The van der Waals surface area contributed by atoms with Crippen molar-refractivity contribution in [1.29, 1.82) is 0 Å². The number of amides is 1. The van der Waals surface area contributed by atoms with Gasteiger partial charge < -0.3 is 34.9 Å². The van der Waals surface area contributed by atoms with Crippen LogP contribution in [0.2, 0.25) is 0 Å². The maximum atomic E-state index is 11.6. The Morgan fingerprint density at radius 2 is 1.82 bits per heavy atom. The number of H-pyrrole nitrogens is 1. The van der Waals surface area contributed by atoms with Crippen molar-refractivity contribution in [3.8, 4) is 17.1 Å². The molecule has 12 nitrogen and oxygen atoms in total. The summed E-state index contributed by atoms with van der Waals surface area (Å²) in [5.74, 6) is 1.72. The molecule has 2 saturated heterocycles. The predicted octanol–water partition coefficient (Wildman–Crippen LogP) is 3.43. The second-order valence-electron chi connectivity index (χ2n) is 9.91. The number of anilines is 4. The number of hydrogen-bond donors (Lipinski definition) is 3. The van der Waals surface area contributed by atoms with Crippen LogP contribution >= 0.6 is 0 Å². The molecule has 0 atom stereocenters. The van der Waals surface area contributed by atoms with Gasteiger partial charge in [0, 0.05) is 76.1 Å². The lowest BCUT2D eigenvalue weighted by molar-refractivity contribution is -0.129. The van der Waals surface area contributed by atoms with E-state index in [0.29, 0.717) is 42.2 Å². The first-order chi connectivity index (χ1) is 19.6. The third kappa shape index (κ3) is 5.48. The third-order valence-corrected chi connectivity index (χ3v) is 7.33. The van der Waals surface area contributed by atoms with Crippen LogP contribution in [-0.4, -0.2) is 88.3 Å². The van der Waals surface area contributed by atoms with Crippen LogP contribution in [0.15, 0.2) is 42.9 Å². The van der Waals surface area contributed by atoms with Gasteiger partial charge in [-0.1, -0.05) is 0 Å². The molecule has 0 aliphatic carbocycles. The molecular weight excluding hydrogens is 510 g/mol. The Morgan fingerprint density at radius 3 is 2.55 bits per heavy atom. The summed E-state index contributed by atoms with van der Waals surface area (Å²) in [6.45, 7) is 6.06. The summed E-state index contributed by atoms with van der Waals surface area (Å²) in [6.07, 6.45) is 6.85. The van der Waals surface area contributed by atoms with Crippen molar-refractivity contribution in [3.05, 3.63) is 42.9 Å². The van der Waals surface area contributed by atoms with E-state index in [2.05, 4.69) is 42.6 Å². The van der Waals surface area contributed by atoms with Crippen LogP contribution in [0, 0.1) is 0 Å². The van der Waals surface area contributed by atoms with Gasteiger partial charge in [0.1, 0.15) is 17.6 Å². The minimum Gasteiger partial charge on any atom is -0.474 e. The molecule has 5 heterocycles. The zero-order valence-electron chi connectivity index (χ0n) is 22.7. The fraction of sp³-hybridized carbons (Fsp3) is 0.393. The molecule has 2 aliphatic rings. The van der Waals surface area contributed by atoms with E-state index in [0.717, 1.165) is 61.3 Å². The van der Waals surface area contributed by atoms with Crippen molar-refractivity contribution in [2.75, 3.05) is 62.0 Å². The van der Waals surface area contributed by atoms with E-state index in [4.69, 9.17) is 19.4 Å². The Labute approximate surface area is 232 Å². The maximum Gasteiger partial charge on any atom is 0.232 e. The van der Waals surface area contributed by atoms with E-state index in [1.807, 2.05) is 30.3 Å². The number of rotatable bonds is 7. The summed E-state index contributed by atoms with van der Waals surface area (Å²) in [6, 6.07) is 8.17. The summed E-state index contributed by atoms with van der Waals surface area (Å²) >= 11 is 0. The van der Waals surface area contributed by atoms with E-state index in [1.54, 1.807) is 19.3 Å². The summed E-state index contributed by atoms with van der Waals surface area (Å²) in [4.78, 5) is 37.6. The minimum absolute atomic E-state index is 0.0000653. The van der Waals surface area contributed by atoms with Crippen molar-refractivity contribution in [2.45, 2.75) is 25.9 Å². The van der Waals surface area contributed by atoms with E-state index in [-0.39, 0.29) is 12.0 Å². The van der Waals surface area contributed by atoms with Gasteiger partial charge in [0.15, 0.2) is 0 Å². The molecule has 1 aromatic carbocycles. The van der Waals surface area contributed by atoms with E-state index < -0.39 is 0 Å². The highest BCUT2D eigenvalue weighted by molar-refractivity contribution is 5.97. The molecule has 0 spiro atoms. The molecule has 4 aromatic rings. The number of fused-ring (bicyclic) bond motifs is 1. The van der Waals surface area contributed by atoms with Crippen molar-refractivity contribution in [2.24, 2.45) is 0 Å². The Hall–Kier alpha value is -4.45. The number of nitrogens with zero attached hydrogens (tertiary/aromatic N) is 6. The van der Waals surface area contributed by atoms with Gasteiger partial charge in [-0.2, -0.15) is 9.97 Å². The molecule has 208 valence electrons. The van der Waals surface area contributed by atoms with Gasteiger partial charge in [0.05, 0.1) is 36.7 Å². The smallest absolute Gasteiger partial charge is 0.232 e. The molecule has 6 rings (SSSR count). The van der Waals surface area contributed by atoms with E-state index in [1.165, 1.54) is 0 Å². The van der Waals surface area contributed by atoms with Crippen LogP contribution in [0.25, 0.3) is 22.3 Å². The molecule has 0 saturated carbocycles. The molecule has 40 heavy (non-hydrogen) atoms. The molecular formula is C28H33N9O3. The van der Waals surface area contributed by atoms with Gasteiger partial charge >= 0.3 is 0 Å². The monoisotopic (exact) mass is 543 g/mol. The molecule has 2 fully saturated rings. The van der Waals surface area contributed by atoms with Crippen LogP contribution in [0.3, 0.4) is 0 Å². The number of carbonyl (C=O) groups excluding carboxylic acids is 1. The van der Waals surface area contributed by atoms with Crippen LogP contribution in [0.1, 0.15) is 19.8 Å². The largest absolute Gasteiger partial charge is 0.474 e. The Kier molecular flexibility index (Phi) is 7.32. The SMILES string of the molecule is CNc1cncc(-c2c[nH]c3nc(Nc4ccc(N5CCN(C(C)=O)CC5)cc4)nc(OC4CCOCC4)c23)n1. The summed E-state index contributed by atoms with van der Waals surface area (Å²) < 4.78 is 12.0. The Morgan fingerprint density at radius 1 is 1.05 bits per heavy atom.